The highest BCUT2D eigenvalue weighted by atomic mass is 19.1. The van der Waals surface area contributed by atoms with Crippen molar-refractivity contribution in [2.75, 3.05) is 24.3 Å². The minimum absolute atomic E-state index is 0.00475. The number of carbonyl (C=O) groups is 1. The van der Waals surface area contributed by atoms with Crippen molar-refractivity contribution >= 4 is 23.1 Å². The summed E-state index contributed by atoms with van der Waals surface area (Å²) in [6.07, 6.45) is 2.11. The van der Waals surface area contributed by atoms with Crippen LogP contribution in [0.4, 0.5) is 16.0 Å². The summed E-state index contributed by atoms with van der Waals surface area (Å²) in [6.45, 7) is 0. The standard InChI is InChI=1S/C22H18FN5O/c1-27(2)22-24-10-9-18-20(14-5-8-17-15(11-14)12-19(29)25-17)21(26-28(18)22)13-3-6-16(23)7-4-13/h3-11H,12H2,1-2H3,(H,25,29). The van der Waals surface area contributed by atoms with Gasteiger partial charge >= 0.3 is 0 Å². The first kappa shape index (κ1) is 17.4. The summed E-state index contributed by atoms with van der Waals surface area (Å²) >= 11 is 0. The molecule has 2 aromatic heterocycles. The Kier molecular flexibility index (Phi) is 3.84. The second-order valence-corrected chi connectivity index (χ2v) is 7.26. The van der Waals surface area contributed by atoms with E-state index in [0.717, 1.165) is 39.2 Å². The smallest absolute Gasteiger partial charge is 0.228 e. The fraction of sp³-hybridized carbons (Fsp3) is 0.136. The van der Waals surface area contributed by atoms with E-state index >= 15 is 0 Å². The predicted octanol–water partition coefficient (Wildman–Crippen LogP) is 3.76. The molecule has 1 amide bonds. The molecule has 6 nitrogen and oxygen atoms in total. The van der Waals surface area contributed by atoms with Crippen LogP contribution in [0.15, 0.2) is 54.7 Å². The largest absolute Gasteiger partial charge is 0.347 e. The number of hydrogen-bond donors (Lipinski definition) is 1. The van der Waals surface area contributed by atoms with E-state index in [0.29, 0.717) is 12.4 Å². The normalized spacial score (nSPS) is 12.9. The quantitative estimate of drug-likeness (QED) is 0.581. The predicted molar refractivity (Wildman–Crippen MR) is 110 cm³/mol. The third-order valence-corrected chi connectivity index (χ3v) is 5.07. The summed E-state index contributed by atoms with van der Waals surface area (Å²) in [7, 11) is 3.82. The Morgan fingerprint density at radius 3 is 2.59 bits per heavy atom. The zero-order valence-electron chi connectivity index (χ0n) is 16.0. The lowest BCUT2D eigenvalue weighted by molar-refractivity contribution is -0.115. The van der Waals surface area contributed by atoms with Crippen LogP contribution in [0.5, 0.6) is 0 Å². The number of amides is 1. The molecule has 1 aliphatic rings. The molecule has 0 unspecified atom stereocenters. The molecule has 4 aromatic rings. The van der Waals surface area contributed by atoms with Gasteiger partial charge < -0.3 is 10.2 Å². The molecule has 0 saturated carbocycles. The van der Waals surface area contributed by atoms with Crippen molar-refractivity contribution in [2.45, 2.75) is 6.42 Å². The number of carbonyl (C=O) groups excluding carboxylic acids is 1. The molecule has 1 N–H and O–H groups in total. The average molecular weight is 387 g/mol. The first-order valence-corrected chi connectivity index (χ1v) is 9.25. The van der Waals surface area contributed by atoms with Crippen molar-refractivity contribution in [1.29, 1.82) is 0 Å². The molecule has 7 heteroatoms. The molecular formula is C22H18FN5O. The van der Waals surface area contributed by atoms with Crippen LogP contribution in [0, 0.1) is 5.82 Å². The molecule has 0 radical (unpaired) electrons. The Balaban J connectivity index is 1.80. The minimum Gasteiger partial charge on any atom is -0.347 e. The maximum Gasteiger partial charge on any atom is 0.228 e. The highest BCUT2D eigenvalue weighted by Crippen LogP contribution is 2.38. The Bertz CT molecular complexity index is 1260. The number of halogens is 1. The van der Waals surface area contributed by atoms with E-state index in [9.17, 15) is 9.18 Å². The number of rotatable bonds is 3. The summed E-state index contributed by atoms with van der Waals surface area (Å²) < 4.78 is 15.3. The molecule has 0 bridgehead atoms. The van der Waals surface area contributed by atoms with Gasteiger partial charge in [0.25, 0.3) is 0 Å². The van der Waals surface area contributed by atoms with Gasteiger partial charge in [-0.05, 0) is 53.6 Å². The van der Waals surface area contributed by atoms with Gasteiger partial charge in [-0.1, -0.05) is 6.07 Å². The Hall–Kier alpha value is -3.74. The zero-order chi connectivity index (χ0) is 20.1. The van der Waals surface area contributed by atoms with Crippen LogP contribution in [-0.2, 0) is 11.2 Å². The van der Waals surface area contributed by atoms with Gasteiger partial charge in [-0.2, -0.15) is 9.61 Å². The maximum absolute atomic E-state index is 13.5. The number of benzene rings is 2. The maximum atomic E-state index is 13.5. The van der Waals surface area contributed by atoms with Gasteiger partial charge in [0, 0.05) is 37.1 Å². The Morgan fingerprint density at radius 2 is 1.83 bits per heavy atom. The molecule has 144 valence electrons. The summed E-state index contributed by atoms with van der Waals surface area (Å²) in [5.74, 6) is 0.391. The van der Waals surface area contributed by atoms with Crippen molar-refractivity contribution in [3.8, 4) is 22.4 Å². The van der Waals surface area contributed by atoms with E-state index in [2.05, 4.69) is 10.3 Å². The minimum atomic E-state index is -0.295. The SMILES string of the molecule is CN(C)c1nccc2c(-c3ccc4c(c3)CC(=O)N4)c(-c3ccc(F)cc3)nn12. The van der Waals surface area contributed by atoms with Crippen LogP contribution in [0.1, 0.15) is 5.56 Å². The van der Waals surface area contributed by atoms with Crippen molar-refractivity contribution in [2.24, 2.45) is 0 Å². The first-order valence-electron chi connectivity index (χ1n) is 9.25. The molecule has 5 rings (SSSR count). The third kappa shape index (κ3) is 2.82. The summed E-state index contributed by atoms with van der Waals surface area (Å²) in [5.41, 5.74) is 6.10. The van der Waals surface area contributed by atoms with Crippen molar-refractivity contribution in [1.82, 2.24) is 14.6 Å². The number of nitrogens with zero attached hydrogens (tertiary/aromatic N) is 4. The number of anilines is 2. The van der Waals surface area contributed by atoms with Gasteiger partial charge in [0.2, 0.25) is 11.9 Å². The van der Waals surface area contributed by atoms with E-state index in [4.69, 9.17) is 5.10 Å². The molecule has 0 atom stereocenters. The van der Waals surface area contributed by atoms with Gasteiger partial charge in [0.15, 0.2) is 0 Å². The van der Waals surface area contributed by atoms with Crippen LogP contribution >= 0.6 is 0 Å². The third-order valence-electron chi connectivity index (χ3n) is 5.07. The number of aromatic nitrogens is 3. The van der Waals surface area contributed by atoms with Gasteiger partial charge in [-0.25, -0.2) is 9.37 Å². The molecule has 0 saturated heterocycles. The monoisotopic (exact) mass is 387 g/mol. The van der Waals surface area contributed by atoms with Crippen LogP contribution < -0.4 is 10.2 Å². The fourth-order valence-corrected chi connectivity index (χ4v) is 3.75. The lowest BCUT2D eigenvalue weighted by Crippen LogP contribution is -2.15. The molecule has 1 aliphatic heterocycles. The van der Waals surface area contributed by atoms with Gasteiger partial charge in [-0.15, -0.1) is 0 Å². The van der Waals surface area contributed by atoms with Gasteiger partial charge in [0.1, 0.15) is 11.5 Å². The Morgan fingerprint density at radius 1 is 1.07 bits per heavy atom. The average Bonchev–Trinajstić information content (AvgIpc) is 3.27. The number of fused-ring (bicyclic) bond motifs is 2. The van der Waals surface area contributed by atoms with Crippen LogP contribution in [0.2, 0.25) is 0 Å². The molecule has 2 aromatic carbocycles. The van der Waals surface area contributed by atoms with Crippen molar-refractivity contribution in [3.63, 3.8) is 0 Å². The van der Waals surface area contributed by atoms with E-state index in [1.807, 2.05) is 43.3 Å². The molecule has 0 aliphatic carbocycles. The number of hydrogen-bond acceptors (Lipinski definition) is 4. The lowest BCUT2D eigenvalue weighted by Gasteiger charge is -2.12. The zero-order valence-corrected chi connectivity index (χ0v) is 16.0. The fourth-order valence-electron chi connectivity index (χ4n) is 3.75. The highest BCUT2D eigenvalue weighted by Gasteiger charge is 2.22. The van der Waals surface area contributed by atoms with E-state index in [1.54, 1.807) is 22.8 Å². The molecule has 0 fully saturated rings. The Labute approximate surface area is 166 Å². The van der Waals surface area contributed by atoms with Crippen LogP contribution in [0.3, 0.4) is 0 Å². The van der Waals surface area contributed by atoms with E-state index in [-0.39, 0.29) is 11.7 Å². The van der Waals surface area contributed by atoms with Crippen LogP contribution in [-0.4, -0.2) is 34.6 Å². The van der Waals surface area contributed by atoms with E-state index < -0.39 is 0 Å². The number of nitrogens with one attached hydrogen (secondary N) is 1. The summed E-state index contributed by atoms with van der Waals surface area (Å²) in [5, 5.41) is 7.69. The molecule has 3 heterocycles. The lowest BCUT2D eigenvalue weighted by atomic mass is 9.97. The van der Waals surface area contributed by atoms with Crippen LogP contribution in [0.25, 0.3) is 27.9 Å². The topological polar surface area (TPSA) is 62.5 Å². The van der Waals surface area contributed by atoms with Gasteiger partial charge in [-0.3, -0.25) is 4.79 Å². The molecule has 0 spiro atoms. The second kappa shape index (κ2) is 6.41. The van der Waals surface area contributed by atoms with Gasteiger partial charge in [0.05, 0.1) is 11.9 Å². The highest BCUT2D eigenvalue weighted by molar-refractivity contribution is 6.01. The molecular weight excluding hydrogens is 369 g/mol. The van der Waals surface area contributed by atoms with Crippen molar-refractivity contribution < 1.29 is 9.18 Å². The summed E-state index contributed by atoms with van der Waals surface area (Å²) in [6, 6.07) is 14.1. The molecule has 29 heavy (non-hydrogen) atoms. The van der Waals surface area contributed by atoms with E-state index in [1.165, 1.54) is 12.1 Å². The van der Waals surface area contributed by atoms with Crippen molar-refractivity contribution in [3.05, 3.63) is 66.1 Å². The summed E-state index contributed by atoms with van der Waals surface area (Å²) in [4.78, 5) is 18.1. The first-order chi connectivity index (χ1) is 14.0. The second-order valence-electron chi connectivity index (χ2n) is 7.26.